The van der Waals surface area contributed by atoms with Gasteiger partial charge in [0.1, 0.15) is 5.75 Å². The predicted octanol–water partition coefficient (Wildman–Crippen LogP) is 3.69. The van der Waals surface area contributed by atoms with Crippen molar-refractivity contribution < 1.29 is 19.4 Å². The number of carboxylic acid groups (broad SMARTS) is 1. The van der Waals surface area contributed by atoms with Gasteiger partial charge in [-0.3, -0.25) is 10.1 Å². The van der Waals surface area contributed by atoms with Crippen LogP contribution in [0.15, 0.2) is 48.5 Å². The smallest absolute Gasteiger partial charge is 0.337 e. The topological polar surface area (TPSA) is 87.7 Å². The number of para-hydroxylation sites is 1. The highest BCUT2D eigenvalue weighted by molar-refractivity contribution is 7.80. The minimum atomic E-state index is -1.09. The average Bonchev–Trinajstić information content (AvgIpc) is 2.62. The first-order chi connectivity index (χ1) is 12.4. The highest BCUT2D eigenvalue weighted by Crippen LogP contribution is 2.17. The van der Waals surface area contributed by atoms with Gasteiger partial charge in [-0.2, -0.15) is 0 Å². The van der Waals surface area contributed by atoms with Crippen LogP contribution in [0.25, 0.3) is 0 Å². The molecule has 0 bridgehead atoms. The Morgan fingerprint density at radius 2 is 1.92 bits per heavy atom. The maximum atomic E-state index is 12.4. The van der Waals surface area contributed by atoms with Crippen molar-refractivity contribution in [3.63, 3.8) is 0 Å². The number of carboxylic acids is 1. The molecule has 7 heteroatoms. The summed E-state index contributed by atoms with van der Waals surface area (Å²) in [6, 6.07) is 13.1. The predicted molar refractivity (Wildman–Crippen MR) is 104 cm³/mol. The lowest BCUT2D eigenvalue weighted by atomic mass is 10.2. The van der Waals surface area contributed by atoms with Crippen LogP contribution in [-0.2, 0) is 0 Å². The molecule has 0 aliphatic rings. The lowest BCUT2D eigenvalue weighted by molar-refractivity contribution is 0.0697. The zero-order valence-electron chi connectivity index (χ0n) is 14.5. The molecule has 0 spiro atoms. The second-order valence-corrected chi connectivity index (χ2v) is 6.03. The fraction of sp³-hybridized carbons (Fsp3) is 0.211. The van der Waals surface area contributed by atoms with Gasteiger partial charge in [-0.25, -0.2) is 4.79 Å². The van der Waals surface area contributed by atoms with E-state index in [9.17, 15) is 14.7 Å². The third-order valence-corrected chi connectivity index (χ3v) is 3.85. The van der Waals surface area contributed by atoms with Gasteiger partial charge in [0.2, 0.25) is 0 Å². The van der Waals surface area contributed by atoms with Crippen LogP contribution in [0.5, 0.6) is 5.75 Å². The van der Waals surface area contributed by atoms with Gasteiger partial charge in [0.15, 0.2) is 5.11 Å². The monoisotopic (exact) mass is 372 g/mol. The first-order valence-corrected chi connectivity index (χ1v) is 8.53. The van der Waals surface area contributed by atoms with Crippen molar-refractivity contribution in [2.24, 2.45) is 0 Å². The van der Waals surface area contributed by atoms with Gasteiger partial charge in [-0.1, -0.05) is 25.1 Å². The normalized spacial score (nSPS) is 11.3. The van der Waals surface area contributed by atoms with Crippen LogP contribution in [0, 0.1) is 0 Å². The van der Waals surface area contributed by atoms with Gasteiger partial charge in [0.25, 0.3) is 5.91 Å². The summed E-state index contributed by atoms with van der Waals surface area (Å²) < 4.78 is 5.70. The largest absolute Gasteiger partial charge is 0.491 e. The molecule has 0 heterocycles. The van der Waals surface area contributed by atoms with Gasteiger partial charge < -0.3 is 15.2 Å². The molecule has 2 aromatic rings. The molecule has 0 fully saturated rings. The molecule has 0 aliphatic carbocycles. The molecule has 2 rings (SSSR count). The molecule has 0 aliphatic heterocycles. The Labute approximate surface area is 157 Å². The lowest BCUT2D eigenvalue weighted by Crippen LogP contribution is -2.34. The minimum Gasteiger partial charge on any atom is -0.491 e. The second kappa shape index (κ2) is 8.96. The number of aromatic carboxylic acids is 1. The average molecular weight is 372 g/mol. The van der Waals surface area contributed by atoms with Crippen LogP contribution >= 0.6 is 12.2 Å². The number of hydrogen-bond donors (Lipinski definition) is 3. The third kappa shape index (κ3) is 5.29. The zero-order chi connectivity index (χ0) is 19.1. The van der Waals surface area contributed by atoms with Crippen molar-refractivity contribution in [3.05, 3.63) is 59.7 Å². The van der Waals surface area contributed by atoms with Crippen molar-refractivity contribution in [2.45, 2.75) is 26.4 Å². The molecular weight excluding hydrogens is 352 g/mol. The number of anilines is 1. The molecule has 136 valence electrons. The Morgan fingerprint density at radius 1 is 1.19 bits per heavy atom. The molecule has 0 aromatic heterocycles. The van der Waals surface area contributed by atoms with E-state index in [0.29, 0.717) is 17.0 Å². The van der Waals surface area contributed by atoms with Crippen molar-refractivity contribution in [1.29, 1.82) is 0 Å². The summed E-state index contributed by atoms with van der Waals surface area (Å²) in [5.74, 6) is -0.899. The molecule has 1 atom stereocenters. The Kier molecular flexibility index (Phi) is 6.68. The molecule has 2 aromatic carbocycles. The van der Waals surface area contributed by atoms with Crippen LogP contribution in [-0.4, -0.2) is 28.2 Å². The van der Waals surface area contributed by atoms with E-state index in [2.05, 4.69) is 10.6 Å². The van der Waals surface area contributed by atoms with Gasteiger partial charge in [-0.15, -0.1) is 0 Å². The molecule has 0 radical (unpaired) electrons. The molecule has 3 N–H and O–H groups in total. The summed E-state index contributed by atoms with van der Waals surface area (Å²) in [6.45, 7) is 3.96. The van der Waals surface area contributed by atoms with Crippen molar-refractivity contribution in [2.75, 3.05) is 5.32 Å². The SMILES string of the molecule is CCC(C)Oc1cccc(C(=O)NC(=S)Nc2ccccc2C(=O)O)c1. The van der Waals surface area contributed by atoms with Gasteiger partial charge in [-0.05, 0) is 55.9 Å². The molecule has 26 heavy (non-hydrogen) atoms. The summed E-state index contributed by atoms with van der Waals surface area (Å²) in [5.41, 5.74) is 0.758. The van der Waals surface area contributed by atoms with Crippen molar-refractivity contribution in [3.8, 4) is 5.75 Å². The Bertz CT molecular complexity index is 823. The maximum Gasteiger partial charge on any atom is 0.337 e. The van der Waals surface area contributed by atoms with E-state index in [1.165, 1.54) is 6.07 Å². The summed E-state index contributed by atoms with van der Waals surface area (Å²) in [6.07, 6.45) is 0.900. The number of amides is 1. The molecule has 1 amide bonds. The number of nitrogens with one attached hydrogen (secondary N) is 2. The molecule has 0 saturated heterocycles. The van der Waals surface area contributed by atoms with Crippen molar-refractivity contribution in [1.82, 2.24) is 5.32 Å². The number of carbonyl (C=O) groups excluding carboxylic acids is 1. The van der Waals surface area contributed by atoms with E-state index >= 15 is 0 Å². The van der Waals surface area contributed by atoms with Gasteiger partial charge in [0, 0.05) is 5.56 Å². The Morgan fingerprint density at radius 3 is 2.62 bits per heavy atom. The summed E-state index contributed by atoms with van der Waals surface area (Å²) >= 11 is 5.11. The Hall–Kier alpha value is -2.93. The number of hydrogen-bond acceptors (Lipinski definition) is 4. The summed E-state index contributed by atoms with van der Waals surface area (Å²) in [4.78, 5) is 23.6. The molecule has 0 saturated carbocycles. The number of benzene rings is 2. The second-order valence-electron chi connectivity index (χ2n) is 5.62. The first kappa shape index (κ1) is 19.4. The fourth-order valence-electron chi connectivity index (χ4n) is 2.13. The number of ether oxygens (including phenoxy) is 1. The van der Waals surface area contributed by atoms with Gasteiger partial charge in [0.05, 0.1) is 17.4 Å². The third-order valence-electron chi connectivity index (χ3n) is 3.64. The standard InChI is InChI=1S/C19H20N2O4S/c1-3-12(2)25-14-8-6-7-13(11-14)17(22)21-19(26)20-16-10-5-4-9-15(16)18(23)24/h4-12H,3H2,1-2H3,(H,23,24)(H2,20,21,22,26). The summed E-state index contributed by atoms with van der Waals surface area (Å²) in [7, 11) is 0. The first-order valence-electron chi connectivity index (χ1n) is 8.12. The molecule has 6 nitrogen and oxygen atoms in total. The fourth-order valence-corrected chi connectivity index (χ4v) is 2.34. The van der Waals surface area contributed by atoms with Crippen LogP contribution in [0.2, 0.25) is 0 Å². The van der Waals surface area contributed by atoms with Crippen LogP contribution < -0.4 is 15.4 Å². The van der Waals surface area contributed by atoms with E-state index in [1.807, 2.05) is 13.8 Å². The zero-order valence-corrected chi connectivity index (χ0v) is 15.3. The van der Waals surface area contributed by atoms with E-state index in [1.54, 1.807) is 42.5 Å². The van der Waals surface area contributed by atoms with E-state index in [4.69, 9.17) is 17.0 Å². The lowest BCUT2D eigenvalue weighted by Gasteiger charge is -2.14. The molecule has 1 unspecified atom stereocenters. The van der Waals surface area contributed by atoms with Crippen LogP contribution in [0.4, 0.5) is 5.69 Å². The van der Waals surface area contributed by atoms with E-state index in [-0.39, 0.29) is 16.8 Å². The number of thiocarbonyl (C=S) groups is 1. The van der Waals surface area contributed by atoms with Crippen LogP contribution in [0.1, 0.15) is 41.0 Å². The quantitative estimate of drug-likeness (QED) is 0.671. The molecular formula is C19H20N2O4S. The minimum absolute atomic E-state index is 0.0111. The summed E-state index contributed by atoms with van der Waals surface area (Å²) in [5, 5.41) is 14.5. The van der Waals surface area contributed by atoms with E-state index < -0.39 is 11.9 Å². The highest BCUT2D eigenvalue weighted by Gasteiger charge is 2.13. The number of rotatable bonds is 6. The Balaban J connectivity index is 2.05. The van der Waals surface area contributed by atoms with E-state index in [0.717, 1.165) is 6.42 Å². The highest BCUT2D eigenvalue weighted by atomic mass is 32.1. The number of carbonyl (C=O) groups is 2. The maximum absolute atomic E-state index is 12.4. The van der Waals surface area contributed by atoms with Crippen molar-refractivity contribution >= 4 is 34.9 Å². The van der Waals surface area contributed by atoms with Gasteiger partial charge >= 0.3 is 5.97 Å². The van der Waals surface area contributed by atoms with Crippen LogP contribution in [0.3, 0.4) is 0 Å².